The molecule has 0 aromatic heterocycles. The number of rotatable bonds is 8. The first kappa shape index (κ1) is 21.0. The second kappa shape index (κ2) is 7.49. The van der Waals surface area contributed by atoms with Gasteiger partial charge >= 0.3 is 0 Å². The summed E-state index contributed by atoms with van der Waals surface area (Å²) < 4.78 is 41.4. The second-order valence-corrected chi connectivity index (χ2v) is 12.6. The molecule has 0 amide bonds. The Balaban J connectivity index is 1.29. The zero-order valence-electron chi connectivity index (χ0n) is 17.8. The molecule has 7 heteroatoms. The van der Waals surface area contributed by atoms with E-state index in [-0.39, 0.29) is 5.60 Å². The quantitative estimate of drug-likeness (QED) is 0.620. The van der Waals surface area contributed by atoms with Gasteiger partial charge in [0.05, 0.1) is 18.8 Å². The lowest BCUT2D eigenvalue weighted by molar-refractivity contribution is -0.213. The molecule has 1 heterocycles. The van der Waals surface area contributed by atoms with Crippen LogP contribution >= 0.6 is 0 Å². The smallest absolute Gasteiger partial charge is 0.279 e. The normalized spacial score (nSPS) is 43.5. The predicted octanol–water partition coefficient (Wildman–Crippen LogP) is 2.94. The van der Waals surface area contributed by atoms with Gasteiger partial charge in [-0.1, -0.05) is 13.8 Å². The van der Waals surface area contributed by atoms with Crippen LogP contribution in [-0.2, 0) is 19.7 Å². The molecule has 0 spiro atoms. The van der Waals surface area contributed by atoms with Crippen molar-refractivity contribution >= 4 is 10.2 Å². The van der Waals surface area contributed by atoms with Crippen molar-refractivity contribution in [3.8, 4) is 0 Å². The van der Waals surface area contributed by atoms with Crippen LogP contribution in [0.1, 0.15) is 65.2 Å². The summed E-state index contributed by atoms with van der Waals surface area (Å²) in [6, 6.07) is 0. The van der Waals surface area contributed by atoms with E-state index >= 15 is 0 Å². The fourth-order valence-electron chi connectivity index (χ4n) is 7.65. The van der Waals surface area contributed by atoms with Gasteiger partial charge in [0.15, 0.2) is 0 Å². The minimum absolute atomic E-state index is 0.0248. The number of methoxy groups -OCH3 is 1. The summed E-state index contributed by atoms with van der Waals surface area (Å²) in [5.41, 5.74) is 0.804. The van der Waals surface area contributed by atoms with Gasteiger partial charge in [0.2, 0.25) is 0 Å². The van der Waals surface area contributed by atoms with E-state index in [9.17, 15) is 8.42 Å². The van der Waals surface area contributed by atoms with Crippen molar-refractivity contribution in [3.05, 3.63) is 0 Å². The summed E-state index contributed by atoms with van der Waals surface area (Å²) in [6.45, 7) is 7.45. The van der Waals surface area contributed by atoms with Gasteiger partial charge in [-0.2, -0.15) is 17.4 Å². The zero-order chi connectivity index (χ0) is 20.0. The molecule has 0 aromatic carbocycles. The first-order chi connectivity index (χ1) is 13.2. The van der Waals surface area contributed by atoms with Crippen molar-refractivity contribution in [1.82, 2.24) is 9.03 Å². The molecule has 162 valence electrons. The molecule has 0 aromatic rings. The summed E-state index contributed by atoms with van der Waals surface area (Å²) in [6.07, 6.45) is 9.39. The van der Waals surface area contributed by atoms with Crippen LogP contribution in [0.15, 0.2) is 0 Å². The third-order valence-corrected chi connectivity index (χ3v) is 9.17. The van der Waals surface area contributed by atoms with Crippen molar-refractivity contribution in [2.45, 2.75) is 70.8 Å². The first-order valence-electron chi connectivity index (χ1n) is 11.0. The molecule has 0 radical (unpaired) electrons. The van der Waals surface area contributed by atoms with Gasteiger partial charge in [0, 0.05) is 26.7 Å². The van der Waals surface area contributed by atoms with E-state index in [4.69, 9.17) is 9.47 Å². The molecule has 5 rings (SSSR count). The summed E-state index contributed by atoms with van der Waals surface area (Å²) >= 11 is 0. The van der Waals surface area contributed by atoms with Gasteiger partial charge in [0.1, 0.15) is 0 Å². The van der Waals surface area contributed by atoms with Crippen LogP contribution < -0.4 is 4.72 Å². The number of piperidine rings is 1. The number of ether oxygens (including phenoxy) is 2. The fourth-order valence-corrected chi connectivity index (χ4v) is 8.95. The van der Waals surface area contributed by atoms with E-state index in [2.05, 4.69) is 18.6 Å². The molecule has 1 aliphatic heterocycles. The topological polar surface area (TPSA) is 67.9 Å². The molecule has 1 N–H and O–H groups in total. The largest absolute Gasteiger partial charge is 0.384 e. The number of nitrogens with zero attached hydrogens (tertiary/aromatic N) is 1. The fraction of sp³-hybridized carbons (Fsp3) is 1.00. The molecule has 4 bridgehead atoms. The minimum Gasteiger partial charge on any atom is -0.384 e. The highest BCUT2D eigenvalue weighted by Gasteiger charge is 2.60. The van der Waals surface area contributed by atoms with E-state index in [0.29, 0.717) is 49.6 Å². The van der Waals surface area contributed by atoms with Crippen LogP contribution in [0.4, 0.5) is 0 Å². The standard InChI is InChI=1S/C21H38N2O4S/c1-19-9-18-10-20(2,14-19)16-21(11-18,15-19)27-8-6-22-28(24,25)23-7-4-5-17(12-23)13-26-3/h17-18,22H,4-16H2,1-3H3. The molecule has 3 atom stereocenters. The van der Waals surface area contributed by atoms with Gasteiger partial charge in [-0.15, -0.1) is 0 Å². The molecule has 28 heavy (non-hydrogen) atoms. The molecule has 1 saturated heterocycles. The molecule has 5 aliphatic rings. The summed E-state index contributed by atoms with van der Waals surface area (Å²) in [4.78, 5) is 0. The Morgan fingerprint density at radius 2 is 1.82 bits per heavy atom. The van der Waals surface area contributed by atoms with Crippen LogP contribution in [-0.4, -0.2) is 58.3 Å². The third kappa shape index (κ3) is 4.29. The van der Waals surface area contributed by atoms with E-state index in [1.54, 1.807) is 11.4 Å². The molecular weight excluding hydrogens is 376 g/mol. The maximum absolute atomic E-state index is 12.7. The van der Waals surface area contributed by atoms with E-state index in [0.717, 1.165) is 38.0 Å². The lowest BCUT2D eigenvalue weighted by Crippen LogP contribution is -2.59. The van der Waals surface area contributed by atoms with Crippen molar-refractivity contribution in [2.75, 3.05) is 40.0 Å². The number of nitrogens with one attached hydrogen (secondary N) is 1. The SMILES string of the molecule is COCC1CCCN(S(=O)(=O)NCCOC23CC4CC(C)(CC(C)(C4)C2)C3)C1. The highest BCUT2D eigenvalue weighted by atomic mass is 32.2. The Hall–Kier alpha value is -0.210. The molecule has 6 nitrogen and oxygen atoms in total. The average molecular weight is 415 g/mol. The maximum Gasteiger partial charge on any atom is 0.279 e. The average Bonchev–Trinajstić information content (AvgIpc) is 2.56. The number of hydrogen-bond acceptors (Lipinski definition) is 4. The van der Waals surface area contributed by atoms with Crippen LogP contribution in [0, 0.1) is 22.7 Å². The van der Waals surface area contributed by atoms with E-state index in [1.165, 1.54) is 19.3 Å². The molecule has 4 aliphatic carbocycles. The maximum atomic E-state index is 12.7. The Morgan fingerprint density at radius 1 is 1.11 bits per heavy atom. The molecular formula is C21H38N2O4S. The second-order valence-electron chi connectivity index (χ2n) is 10.9. The van der Waals surface area contributed by atoms with Crippen molar-refractivity contribution < 1.29 is 17.9 Å². The van der Waals surface area contributed by atoms with Crippen LogP contribution in [0.3, 0.4) is 0 Å². The zero-order valence-corrected chi connectivity index (χ0v) is 18.7. The summed E-state index contributed by atoms with van der Waals surface area (Å²) in [5.74, 6) is 1.08. The predicted molar refractivity (Wildman–Crippen MR) is 109 cm³/mol. The highest BCUT2D eigenvalue weighted by Crippen LogP contribution is 2.67. The Morgan fingerprint density at radius 3 is 2.46 bits per heavy atom. The molecule has 5 fully saturated rings. The van der Waals surface area contributed by atoms with Gasteiger partial charge in [-0.3, -0.25) is 0 Å². The van der Waals surface area contributed by atoms with Crippen molar-refractivity contribution in [1.29, 1.82) is 0 Å². The van der Waals surface area contributed by atoms with Crippen LogP contribution in [0.25, 0.3) is 0 Å². The van der Waals surface area contributed by atoms with Gasteiger partial charge in [0.25, 0.3) is 10.2 Å². The van der Waals surface area contributed by atoms with Gasteiger partial charge in [-0.05, 0) is 74.0 Å². The molecule has 4 saturated carbocycles. The van der Waals surface area contributed by atoms with Crippen molar-refractivity contribution in [3.63, 3.8) is 0 Å². The number of hydrogen-bond donors (Lipinski definition) is 1. The van der Waals surface area contributed by atoms with Crippen LogP contribution in [0.2, 0.25) is 0 Å². The van der Waals surface area contributed by atoms with Crippen LogP contribution in [0.5, 0.6) is 0 Å². The minimum atomic E-state index is -3.44. The molecule has 3 unspecified atom stereocenters. The van der Waals surface area contributed by atoms with E-state index in [1.807, 2.05) is 0 Å². The van der Waals surface area contributed by atoms with Gasteiger partial charge < -0.3 is 9.47 Å². The highest BCUT2D eigenvalue weighted by molar-refractivity contribution is 7.87. The monoisotopic (exact) mass is 414 g/mol. The Bertz CT molecular complexity index is 662. The van der Waals surface area contributed by atoms with Crippen molar-refractivity contribution in [2.24, 2.45) is 22.7 Å². The Kier molecular flexibility index (Phi) is 5.62. The van der Waals surface area contributed by atoms with Gasteiger partial charge in [-0.25, -0.2) is 0 Å². The lowest BCUT2D eigenvalue weighted by atomic mass is 9.43. The third-order valence-electron chi connectivity index (χ3n) is 7.59. The summed E-state index contributed by atoms with van der Waals surface area (Å²) in [7, 11) is -1.76. The summed E-state index contributed by atoms with van der Waals surface area (Å²) in [5, 5.41) is 0. The van der Waals surface area contributed by atoms with E-state index < -0.39 is 10.2 Å². The lowest BCUT2D eigenvalue weighted by Gasteiger charge is -2.65. The Labute approximate surface area is 170 Å². The first-order valence-corrected chi connectivity index (χ1v) is 12.5.